The van der Waals surface area contributed by atoms with Crippen molar-refractivity contribution in [1.82, 2.24) is 4.98 Å². The van der Waals surface area contributed by atoms with E-state index in [1.54, 1.807) is 44.2 Å². The van der Waals surface area contributed by atoms with E-state index in [0.29, 0.717) is 28.3 Å². The second-order valence-electron chi connectivity index (χ2n) is 11.9. The van der Waals surface area contributed by atoms with Gasteiger partial charge in [0, 0.05) is 35.6 Å². The number of unbranched alkanes of at least 4 members (excludes halogenated alkanes) is 3. The maximum absolute atomic E-state index is 13.6. The predicted octanol–water partition coefficient (Wildman–Crippen LogP) is 5.77. The van der Waals surface area contributed by atoms with Crippen LogP contribution in [0.5, 0.6) is 0 Å². The molecule has 8 nitrogen and oxygen atoms in total. The number of carbonyl (C=O) groups is 1. The zero-order valence-corrected chi connectivity index (χ0v) is 27.9. The van der Waals surface area contributed by atoms with E-state index in [4.69, 9.17) is 4.74 Å². The van der Waals surface area contributed by atoms with Crippen molar-refractivity contribution >= 4 is 23.4 Å². The number of hydrogen-bond acceptors (Lipinski definition) is 9. The van der Waals surface area contributed by atoms with Gasteiger partial charge in [0.25, 0.3) is 0 Å². The Hall–Kier alpha value is -2.40. The van der Waals surface area contributed by atoms with Gasteiger partial charge in [-0.05, 0) is 45.3 Å². The molecular weight excluding hydrogens is 578 g/mol. The fourth-order valence-electron chi connectivity index (χ4n) is 5.04. The third-order valence-electron chi connectivity index (χ3n) is 8.23. The number of allylic oxidation sites excluding steroid dienone is 5. The molecule has 2 bridgehead atoms. The van der Waals surface area contributed by atoms with Crippen LogP contribution in [0.3, 0.4) is 0 Å². The van der Waals surface area contributed by atoms with Crippen LogP contribution in [0.4, 0.5) is 0 Å². The number of carbonyl (C=O) groups excluding carboxylic acids is 1. The minimum absolute atomic E-state index is 0.0866. The van der Waals surface area contributed by atoms with Crippen LogP contribution in [0, 0.1) is 5.92 Å². The van der Waals surface area contributed by atoms with E-state index >= 15 is 0 Å². The maximum Gasteiger partial charge on any atom is 0.334 e. The Kier molecular flexibility index (Phi) is 16.5. The van der Waals surface area contributed by atoms with Gasteiger partial charge in [-0.25, -0.2) is 9.78 Å². The van der Waals surface area contributed by atoms with Gasteiger partial charge < -0.3 is 30.3 Å². The van der Waals surface area contributed by atoms with Crippen LogP contribution >= 0.6 is 11.3 Å². The molecule has 1 aliphatic heterocycles. The summed E-state index contributed by atoms with van der Waals surface area (Å²) in [5.74, 6) is -1.66. The number of fused-ring (bicyclic) bond motifs is 2. The lowest BCUT2D eigenvalue weighted by atomic mass is 9.87. The summed E-state index contributed by atoms with van der Waals surface area (Å²) in [5.41, 5.74) is 2.59. The number of aliphatic hydroxyl groups is 5. The minimum Gasteiger partial charge on any atom is -0.456 e. The topological polar surface area (TPSA) is 140 Å². The Morgan fingerprint density at radius 2 is 1.89 bits per heavy atom. The van der Waals surface area contributed by atoms with E-state index in [9.17, 15) is 30.3 Å². The van der Waals surface area contributed by atoms with Crippen LogP contribution in [-0.2, 0) is 9.53 Å². The smallest absolute Gasteiger partial charge is 0.334 e. The van der Waals surface area contributed by atoms with Gasteiger partial charge >= 0.3 is 5.97 Å². The fraction of sp³-hybridized carbons (Fsp3) is 0.600. The van der Waals surface area contributed by atoms with Gasteiger partial charge in [0.1, 0.15) is 12.2 Å². The zero-order valence-electron chi connectivity index (χ0n) is 27.1. The molecule has 0 aromatic carbocycles. The highest BCUT2D eigenvalue weighted by Crippen LogP contribution is 2.28. The molecule has 0 amide bonds. The third kappa shape index (κ3) is 11.8. The number of nitrogens with zero attached hydrogens (tertiary/aromatic N) is 1. The zero-order chi connectivity index (χ0) is 32.8. The Balaban J connectivity index is 2.44. The van der Waals surface area contributed by atoms with E-state index in [1.165, 1.54) is 11.3 Å². The Labute approximate surface area is 267 Å². The highest BCUT2D eigenvalue weighted by molar-refractivity contribution is 7.09. The number of aliphatic hydroxyl groups excluding tert-OH is 5. The molecule has 9 heteroatoms. The molecule has 1 aromatic rings. The van der Waals surface area contributed by atoms with Crippen molar-refractivity contribution < 1.29 is 35.1 Å². The van der Waals surface area contributed by atoms with Crippen molar-refractivity contribution in [3.63, 3.8) is 0 Å². The number of esters is 1. The van der Waals surface area contributed by atoms with Gasteiger partial charge in [-0.1, -0.05) is 82.1 Å². The molecule has 1 aliphatic rings. The van der Waals surface area contributed by atoms with Crippen molar-refractivity contribution in [3.05, 3.63) is 69.3 Å². The number of ether oxygens (including phenoxy) is 1. The number of thiazole rings is 1. The average molecular weight is 632 g/mol. The molecule has 0 unspecified atom stereocenters. The van der Waals surface area contributed by atoms with Crippen molar-refractivity contribution in [2.45, 2.75) is 129 Å². The summed E-state index contributed by atoms with van der Waals surface area (Å²) in [6.45, 7) is 11.2. The fourth-order valence-corrected chi connectivity index (χ4v) is 5.93. The molecular formula is C35H53NO7S. The summed E-state index contributed by atoms with van der Waals surface area (Å²) in [6.07, 6.45) is 9.78. The number of cyclic esters (lactones) is 1. The highest BCUT2D eigenvalue weighted by atomic mass is 32.1. The summed E-state index contributed by atoms with van der Waals surface area (Å²) in [4.78, 5) is 18.3. The number of rotatable bonds is 11. The van der Waals surface area contributed by atoms with Gasteiger partial charge in [0.15, 0.2) is 0 Å². The Bertz CT molecular complexity index is 1180. The Morgan fingerprint density at radius 3 is 2.57 bits per heavy atom. The van der Waals surface area contributed by atoms with Crippen LogP contribution in [0.15, 0.2) is 58.6 Å². The SMILES string of the molecule is C/C=C(C)\C=C(\C)[C@@H](O)[C@H](C)[C@@H](O)[C@@H](O)[C@@H]1C/C=C/C=C/[C@@H](O)C[C@H](O)[C@@H](C)c2nc(cs2)/C=C(/CCCCCC)C(=O)O1. The maximum atomic E-state index is 13.6. The Morgan fingerprint density at radius 1 is 1.16 bits per heavy atom. The summed E-state index contributed by atoms with van der Waals surface area (Å²) in [6, 6.07) is 0. The van der Waals surface area contributed by atoms with Crippen LogP contribution in [-0.4, -0.2) is 73.1 Å². The monoisotopic (exact) mass is 631 g/mol. The molecule has 5 N–H and O–H groups in total. The first-order valence-electron chi connectivity index (χ1n) is 15.8. The van der Waals surface area contributed by atoms with E-state index in [2.05, 4.69) is 11.9 Å². The van der Waals surface area contributed by atoms with E-state index in [0.717, 1.165) is 31.3 Å². The quantitative estimate of drug-likeness (QED) is 0.118. The lowest BCUT2D eigenvalue weighted by molar-refractivity contribution is -0.158. The van der Waals surface area contributed by atoms with Gasteiger partial charge in [0.05, 0.1) is 35.1 Å². The molecule has 0 radical (unpaired) electrons. The first-order valence-corrected chi connectivity index (χ1v) is 16.7. The van der Waals surface area contributed by atoms with Crippen LogP contribution in [0.2, 0.25) is 0 Å². The molecule has 44 heavy (non-hydrogen) atoms. The van der Waals surface area contributed by atoms with E-state index in [1.807, 2.05) is 38.3 Å². The number of aromatic nitrogens is 1. The van der Waals surface area contributed by atoms with Gasteiger partial charge in [0.2, 0.25) is 0 Å². The van der Waals surface area contributed by atoms with Crippen molar-refractivity contribution in [2.75, 3.05) is 0 Å². The molecule has 0 saturated carbocycles. The van der Waals surface area contributed by atoms with Crippen LogP contribution < -0.4 is 0 Å². The third-order valence-corrected chi connectivity index (χ3v) is 9.29. The largest absolute Gasteiger partial charge is 0.456 e. The number of hydrogen-bond donors (Lipinski definition) is 5. The summed E-state index contributed by atoms with van der Waals surface area (Å²) in [5, 5.41) is 57.0. The lowest BCUT2D eigenvalue weighted by Crippen LogP contribution is -2.46. The summed E-state index contributed by atoms with van der Waals surface area (Å²) < 4.78 is 5.90. The molecule has 2 rings (SSSR count). The molecule has 0 saturated heterocycles. The average Bonchev–Trinajstić information content (AvgIpc) is 3.47. The van der Waals surface area contributed by atoms with Crippen molar-refractivity contribution in [2.24, 2.45) is 5.92 Å². The molecule has 1 aromatic heterocycles. The molecule has 8 atom stereocenters. The van der Waals surface area contributed by atoms with E-state index in [-0.39, 0.29) is 18.8 Å². The second kappa shape index (κ2) is 19.2. The lowest BCUT2D eigenvalue weighted by Gasteiger charge is -2.32. The van der Waals surface area contributed by atoms with Gasteiger partial charge in [-0.3, -0.25) is 0 Å². The predicted molar refractivity (Wildman–Crippen MR) is 177 cm³/mol. The standard InChI is InChI=1S/C35H53NO7S/c1-7-9-10-12-15-26-19-27-21-44-34(36-27)24(5)29(38)20-28(37)16-13-11-14-17-30(43-35(26)42)33(41)32(40)25(6)31(39)23(4)18-22(3)8-2/h8,11,13-14,16,18-19,21,24-25,28-33,37-41H,7,9-10,12,15,17,20H2,1-6H3/b14-11+,16-13+,22-8-,23-18-,26-19-/t24-,25+,28-,29+,30+,31-,32-,33+/m1/s1. The van der Waals surface area contributed by atoms with E-state index < -0.39 is 48.5 Å². The van der Waals surface area contributed by atoms with Crippen molar-refractivity contribution in [3.8, 4) is 0 Å². The highest BCUT2D eigenvalue weighted by Gasteiger charge is 2.36. The molecule has 0 spiro atoms. The summed E-state index contributed by atoms with van der Waals surface area (Å²) >= 11 is 1.38. The minimum atomic E-state index is -1.48. The molecule has 246 valence electrons. The molecule has 0 fully saturated rings. The molecule has 2 heterocycles. The van der Waals surface area contributed by atoms with Crippen LogP contribution in [0.25, 0.3) is 6.08 Å². The normalized spacial score (nSPS) is 28.2. The van der Waals surface area contributed by atoms with Crippen molar-refractivity contribution in [1.29, 1.82) is 0 Å². The van der Waals surface area contributed by atoms with Gasteiger partial charge in [-0.2, -0.15) is 0 Å². The van der Waals surface area contributed by atoms with Gasteiger partial charge in [-0.15, -0.1) is 11.3 Å². The van der Waals surface area contributed by atoms with Crippen LogP contribution in [0.1, 0.15) is 103 Å². The first-order chi connectivity index (χ1) is 20.9. The molecule has 0 aliphatic carbocycles. The summed E-state index contributed by atoms with van der Waals surface area (Å²) in [7, 11) is 0. The first kappa shape index (κ1) is 37.8. The second-order valence-corrected chi connectivity index (χ2v) is 12.8.